The Labute approximate surface area is 862 Å². The first kappa shape index (κ1) is 89.8. The van der Waals surface area contributed by atoms with E-state index in [0.29, 0.717) is 16.7 Å². The second kappa shape index (κ2) is 39.4. The third-order valence-electron chi connectivity index (χ3n) is 28.4. The molecule has 0 unspecified atom stereocenters. The molecule has 6 aromatic heterocycles. The highest BCUT2D eigenvalue weighted by atomic mass is 15.0. The van der Waals surface area contributed by atoms with Crippen molar-refractivity contribution in [1.29, 1.82) is 15.8 Å². The lowest BCUT2D eigenvalue weighted by Crippen LogP contribution is -1.97. The number of hydrogen-bond donors (Lipinski definition) is 0. The first-order chi connectivity index (χ1) is 73.7. The zero-order valence-corrected chi connectivity index (χ0v) is 80.9. The number of nitriles is 3. The molecule has 6 heterocycles. The van der Waals surface area contributed by atoms with E-state index in [1.54, 1.807) is 0 Å². The van der Waals surface area contributed by atoms with E-state index in [-0.39, 0.29) is 0 Å². The lowest BCUT2D eigenvalue weighted by Gasteiger charge is -2.15. The van der Waals surface area contributed by atoms with E-state index in [2.05, 4.69) is 444 Å². The summed E-state index contributed by atoms with van der Waals surface area (Å²) >= 11 is 0. The minimum atomic E-state index is 0.636. The van der Waals surface area contributed by atoms with Crippen molar-refractivity contribution in [2.24, 2.45) is 0 Å². The SMILES string of the molecule is N#Cc1ccc(-c2cc(-c3cccc(-c4ccccc4)n3)cc(-n3c4cc(-c5ccccc5)ccc4c4ccc(-c5ccccc5)cc43)c2)cc1.N#Cc1ccc(-c2cc(-c3cccc(-c4ccccc4)n3)cc(-n3c4ccccc4c4ccc(-c5ccc6ccccc6c5)cc43)c2)cc1.N#Cc1ccc(-c2cc(-c3cccc(-c4ccccc4)n3)cc(-n3c4ccccc4c4ccc(-c5cccc6ccccc56)cc43)c2)cc1. The van der Waals surface area contributed by atoms with Gasteiger partial charge >= 0.3 is 0 Å². The summed E-state index contributed by atoms with van der Waals surface area (Å²) in [5.74, 6) is 0. The number of rotatable bonds is 16. The number of hydrogen-bond acceptors (Lipinski definition) is 6. The molecule has 0 saturated carbocycles. The van der Waals surface area contributed by atoms with E-state index in [1.807, 2.05) is 127 Å². The van der Waals surface area contributed by atoms with Crippen LogP contribution >= 0.6 is 0 Å². The molecule has 0 fully saturated rings. The second-order valence-corrected chi connectivity index (χ2v) is 37.5. The van der Waals surface area contributed by atoms with Crippen molar-refractivity contribution in [1.82, 2.24) is 28.7 Å². The van der Waals surface area contributed by atoms with Gasteiger partial charge in [0.05, 0.1) is 102 Å². The molecule has 0 radical (unpaired) electrons. The minimum Gasteiger partial charge on any atom is -0.309 e. The summed E-state index contributed by atoms with van der Waals surface area (Å²) in [5, 5.41) is 40.6. The average molecular weight is 1900 g/mol. The van der Waals surface area contributed by atoms with Gasteiger partial charge in [-0.05, 0) is 269 Å². The molecule has 0 aliphatic carbocycles. The van der Waals surface area contributed by atoms with Gasteiger partial charge in [0.25, 0.3) is 0 Å². The fourth-order valence-corrected chi connectivity index (χ4v) is 21.1. The van der Waals surface area contributed by atoms with Crippen LogP contribution in [0.3, 0.4) is 0 Å². The largest absolute Gasteiger partial charge is 0.309 e. The highest BCUT2D eigenvalue weighted by Crippen LogP contribution is 2.46. The van der Waals surface area contributed by atoms with E-state index >= 15 is 0 Å². The van der Waals surface area contributed by atoms with Crippen LogP contribution in [0.15, 0.2) is 540 Å². The molecule has 0 amide bonds. The maximum Gasteiger partial charge on any atom is 0.0991 e. The van der Waals surface area contributed by atoms with Crippen molar-refractivity contribution >= 4 is 87.0 Å². The van der Waals surface area contributed by atoms with Crippen LogP contribution in [0.5, 0.6) is 0 Å². The Hall–Kier alpha value is -20.5. The van der Waals surface area contributed by atoms with Gasteiger partial charge in [0.15, 0.2) is 0 Å². The lowest BCUT2D eigenvalue weighted by atomic mass is 9.97. The van der Waals surface area contributed by atoms with Crippen molar-refractivity contribution in [3.8, 4) is 181 Å². The predicted molar refractivity (Wildman–Crippen MR) is 616 cm³/mol. The Morgan fingerprint density at radius 3 is 0.765 bits per heavy atom. The minimum absolute atomic E-state index is 0.636. The van der Waals surface area contributed by atoms with E-state index in [0.717, 1.165) is 162 Å². The van der Waals surface area contributed by atoms with Gasteiger partial charge in [-0.25, -0.2) is 15.0 Å². The van der Waals surface area contributed by atoms with Gasteiger partial charge < -0.3 is 13.7 Å². The Kier molecular flexibility index (Phi) is 23.7. The highest BCUT2D eigenvalue weighted by molar-refractivity contribution is 6.14. The van der Waals surface area contributed by atoms with Gasteiger partial charge in [0.1, 0.15) is 0 Å². The Balaban J connectivity index is 0.000000116. The number of para-hydroxylation sites is 2. The third-order valence-corrected chi connectivity index (χ3v) is 28.4. The fraction of sp³-hybridized carbons (Fsp3) is 0. The summed E-state index contributed by atoms with van der Waals surface area (Å²) in [6.45, 7) is 0. The topological polar surface area (TPSA) is 125 Å². The van der Waals surface area contributed by atoms with Crippen molar-refractivity contribution in [3.63, 3.8) is 0 Å². The van der Waals surface area contributed by atoms with Gasteiger partial charge in [-0.3, -0.25) is 0 Å². The molecule has 0 N–H and O–H groups in total. The second-order valence-electron chi connectivity index (χ2n) is 37.5. The van der Waals surface area contributed by atoms with Crippen LogP contribution in [0, 0.1) is 34.0 Å². The fourth-order valence-electron chi connectivity index (χ4n) is 21.1. The first-order valence-electron chi connectivity index (χ1n) is 50.0. The monoisotopic (exact) mass is 1900 g/mol. The molecule has 27 aromatic rings. The maximum absolute atomic E-state index is 9.53. The van der Waals surface area contributed by atoms with E-state index in [4.69, 9.17) is 15.0 Å². The number of benzene rings is 21. The highest BCUT2D eigenvalue weighted by Gasteiger charge is 2.24. The molecule has 0 aliphatic rings. The Bertz CT molecular complexity index is 9860. The summed E-state index contributed by atoms with van der Waals surface area (Å²) < 4.78 is 7.17. The zero-order valence-electron chi connectivity index (χ0n) is 80.9. The molecule has 9 heteroatoms. The number of fused-ring (bicyclic) bond motifs is 11. The van der Waals surface area contributed by atoms with E-state index in [9.17, 15) is 15.8 Å². The molecule has 0 atom stereocenters. The molecule has 149 heavy (non-hydrogen) atoms. The van der Waals surface area contributed by atoms with Crippen LogP contribution in [0.1, 0.15) is 16.7 Å². The molecule has 0 aliphatic heterocycles. The van der Waals surface area contributed by atoms with Crippen molar-refractivity contribution < 1.29 is 0 Å². The first-order valence-corrected chi connectivity index (χ1v) is 50.0. The smallest absolute Gasteiger partial charge is 0.0991 e. The van der Waals surface area contributed by atoms with Crippen molar-refractivity contribution in [2.45, 2.75) is 0 Å². The molecule has 0 saturated heterocycles. The predicted octanol–water partition coefficient (Wildman–Crippen LogP) is 36.1. The molecule has 21 aromatic carbocycles. The Morgan fingerprint density at radius 1 is 0.141 bits per heavy atom. The van der Waals surface area contributed by atoms with Gasteiger partial charge in [0.2, 0.25) is 0 Å². The third kappa shape index (κ3) is 17.7. The zero-order chi connectivity index (χ0) is 99.6. The molecule has 0 bridgehead atoms. The maximum atomic E-state index is 9.53. The summed E-state index contributed by atoms with van der Waals surface area (Å²) in [4.78, 5) is 15.5. The molecular formula is C140H89N9. The van der Waals surface area contributed by atoms with Crippen LogP contribution in [-0.4, -0.2) is 28.7 Å². The number of pyridine rings is 3. The van der Waals surface area contributed by atoms with Crippen LogP contribution < -0.4 is 0 Å². The summed E-state index contributed by atoms with van der Waals surface area (Å²) in [5.41, 5.74) is 39.3. The van der Waals surface area contributed by atoms with E-state index < -0.39 is 0 Å². The molecular weight excluding hydrogens is 1810 g/mol. The molecule has 694 valence electrons. The summed E-state index contributed by atoms with van der Waals surface area (Å²) in [6.07, 6.45) is 0. The van der Waals surface area contributed by atoms with Crippen molar-refractivity contribution in [2.75, 3.05) is 0 Å². The normalized spacial score (nSPS) is 11.2. The van der Waals surface area contributed by atoms with Gasteiger partial charge in [0, 0.05) is 82.8 Å². The molecule has 9 nitrogen and oxygen atoms in total. The van der Waals surface area contributed by atoms with Crippen LogP contribution in [0.2, 0.25) is 0 Å². The molecule has 27 rings (SSSR count). The number of nitrogens with zero attached hydrogens (tertiary/aromatic N) is 9. The lowest BCUT2D eigenvalue weighted by molar-refractivity contribution is 1.18. The standard InChI is InChI=1S/C48H31N3.2C46H29N3/c49-32-33-19-21-36(22-20-33)40-27-41(46-18-10-17-45(50-46)37-15-8-3-9-16-37)29-42(28-40)51-47-30-38(34-11-4-1-5-12-34)23-25-43(47)44-26-24-39(31-48(44)51)35-13-6-2-7-14-35;47-30-31-20-22-32(23-21-31)36-26-37(44-18-9-17-43(48-44)34-11-2-1-3-12-34)28-38(27-36)49-45-19-7-6-15-41(45)42-25-24-35(29-46(42)49)40-16-8-13-33-10-4-5-14-39(33)40;47-30-31-17-19-33(20-18-31)38-26-39(44-15-8-14-43(48-44)34-10-2-1-3-11-34)28-40(27-38)49-45-16-7-6-13-41(45)42-24-23-37(29-46(42)49)36-22-21-32-9-4-5-12-35(32)25-36/h1-31H;2*1-29H. The van der Waals surface area contributed by atoms with Crippen LogP contribution in [-0.2, 0) is 0 Å². The van der Waals surface area contributed by atoms with Crippen molar-refractivity contribution in [3.05, 3.63) is 557 Å². The number of aromatic nitrogens is 6. The summed E-state index contributed by atoms with van der Waals surface area (Å²) in [7, 11) is 0. The average Bonchev–Trinajstić information content (AvgIpc) is 1.60. The van der Waals surface area contributed by atoms with Crippen LogP contribution in [0.25, 0.3) is 249 Å². The van der Waals surface area contributed by atoms with E-state index in [1.165, 1.54) is 87.2 Å². The van der Waals surface area contributed by atoms with Gasteiger partial charge in [-0.15, -0.1) is 0 Å². The van der Waals surface area contributed by atoms with Gasteiger partial charge in [-0.2, -0.15) is 15.8 Å². The Morgan fingerprint density at radius 2 is 0.389 bits per heavy atom. The van der Waals surface area contributed by atoms with Crippen LogP contribution in [0.4, 0.5) is 0 Å². The van der Waals surface area contributed by atoms with Gasteiger partial charge in [-0.1, -0.05) is 370 Å². The molecule has 0 spiro atoms. The summed E-state index contributed by atoms with van der Waals surface area (Å²) in [6, 6.07) is 196. The quantitative estimate of drug-likeness (QED) is 0.0949.